The van der Waals surface area contributed by atoms with Crippen molar-refractivity contribution in [3.63, 3.8) is 0 Å². The predicted octanol–water partition coefficient (Wildman–Crippen LogP) is 4.10. The van der Waals surface area contributed by atoms with Crippen LogP contribution in [0.1, 0.15) is 66.7 Å². The van der Waals surface area contributed by atoms with Crippen LogP contribution in [0.2, 0.25) is 0 Å². The molecule has 2 nitrogen and oxygen atoms in total. The van der Waals surface area contributed by atoms with E-state index in [2.05, 4.69) is 20.8 Å². The van der Waals surface area contributed by atoms with Crippen LogP contribution in [0.15, 0.2) is 0 Å². The van der Waals surface area contributed by atoms with E-state index in [1.807, 2.05) is 18.7 Å². The average molecular weight is 241 g/mol. The molecule has 1 rings (SSSR count). The molecule has 1 amide bonds. The number of carbonyl (C=O) groups excluding carboxylic acids is 1. The molecule has 1 unspecified atom stereocenters. The molecule has 0 N–H and O–H groups in total. The highest BCUT2D eigenvalue weighted by atomic mass is 16.2. The Balaban J connectivity index is 0.00000121. The fraction of sp³-hybridized carbons (Fsp3) is 0.933. The van der Waals surface area contributed by atoms with E-state index in [-0.39, 0.29) is 0 Å². The zero-order valence-corrected chi connectivity index (χ0v) is 12.5. The lowest BCUT2D eigenvalue weighted by molar-refractivity contribution is -0.131. The molecule has 1 saturated heterocycles. The summed E-state index contributed by atoms with van der Waals surface area (Å²) in [6, 6.07) is 0. The third-order valence-corrected chi connectivity index (χ3v) is 3.30. The van der Waals surface area contributed by atoms with Crippen molar-refractivity contribution >= 4 is 5.91 Å². The number of carbonyl (C=O) groups is 1. The quantitative estimate of drug-likeness (QED) is 0.709. The van der Waals surface area contributed by atoms with Gasteiger partial charge in [-0.1, -0.05) is 41.0 Å². The lowest BCUT2D eigenvalue weighted by Crippen LogP contribution is -2.29. The summed E-state index contributed by atoms with van der Waals surface area (Å²) in [4.78, 5) is 14.0. The number of hydrogen-bond acceptors (Lipinski definition) is 1. The predicted molar refractivity (Wildman–Crippen MR) is 75.0 cm³/mol. The molecule has 1 atom stereocenters. The van der Waals surface area contributed by atoms with Crippen molar-refractivity contribution in [3.8, 4) is 0 Å². The minimum atomic E-state index is 0.389. The summed E-state index contributed by atoms with van der Waals surface area (Å²) in [5.41, 5.74) is 0. The molecule has 0 saturated carbocycles. The molecule has 1 heterocycles. The summed E-state index contributed by atoms with van der Waals surface area (Å²) in [7, 11) is 0. The first kappa shape index (κ1) is 16.5. The molecule has 1 aliphatic rings. The summed E-state index contributed by atoms with van der Waals surface area (Å²) in [6.07, 6.45) is 5.50. The van der Waals surface area contributed by atoms with Gasteiger partial charge in [-0.2, -0.15) is 0 Å². The third kappa shape index (κ3) is 6.70. The number of likely N-dealkylation sites (tertiary alicyclic amines) is 1. The molecule has 0 aliphatic carbocycles. The van der Waals surface area contributed by atoms with Gasteiger partial charge in [0.1, 0.15) is 0 Å². The monoisotopic (exact) mass is 241 g/mol. The lowest BCUT2D eigenvalue weighted by atomic mass is 9.91. The van der Waals surface area contributed by atoms with Gasteiger partial charge in [0.2, 0.25) is 5.91 Å². The second kappa shape index (κ2) is 9.49. The Hall–Kier alpha value is -0.530. The number of rotatable bonds is 5. The highest BCUT2D eigenvalue weighted by Gasteiger charge is 2.21. The van der Waals surface area contributed by atoms with Gasteiger partial charge in [0, 0.05) is 19.5 Å². The zero-order valence-electron chi connectivity index (χ0n) is 12.5. The zero-order chi connectivity index (χ0) is 13.3. The minimum absolute atomic E-state index is 0.389. The van der Waals surface area contributed by atoms with Crippen molar-refractivity contribution in [3.05, 3.63) is 0 Å². The molecular formula is C15H31NO. The van der Waals surface area contributed by atoms with Crippen molar-refractivity contribution in [2.75, 3.05) is 13.1 Å². The van der Waals surface area contributed by atoms with Crippen LogP contribution in [0.25, 0.3) is 0 Å². The van der Waals surface area contributed by atoms with Gasteiger partial charge in [-0.25, -0.2) is 0 Å². The van der Waals surface area contributed by atoms with E-state index in [1.165, 1.54) is 19.3 Å². The van der Waals surface area contributed by atoms with Crippen LogP contribution < -0.4 is 0 Å². The van der Waals surface area contributed by atoms with Gasteiger partial charge in [0.25, 0.3) is 0 Å². The largest absolute Gasteiger partial charge is 0.343 e. The molecule has 0 aromatic heterocycles. The van der Waals surface area contributed by atoms with Crippen LogP contribution in [0.4, 0.5) is 0 Å². The SMILES string of the molecule is CC.CCC(CC(=O)N1CCCC1)CC(C)C. The lowest BCUT2D eigenvalue weighted by Gasteiger charge is -2.21. The molecule has 0 spiro atoms. The fourth-order valence-corrected chi connectivity index (χ4v) is 2.40. The van der Waals surface area contributed by atoms with E-state index >= 15 is 0 Å². The van der Waals surface area contributed by atoms with Crippen LogP contribution in [-0.4, -0.2) is 23.9 Å². The molecule has 1 aliphatic heterocycles. The molecule has 0 aromatic rings. The topological polar surface area (TPSA) is 20.3 Å². The van der Waals surface area contributed by atoms with Crippen LogP contribution >= 0.6 is 0 Å². The Kier molecular flexibility index (Phi) is 9.20. The van der Waals surface area contributed by atoms with Crippen molar-refractivity contribution in [2.24, 2.45) is 11.8 Å². The van der Waals surface area contributed by atoms with E-state index in [9.17, 15) is 4.79 Å². The Morgan fingerprint density at radius 1 is 1.18 bits per heavy atom. The summed E-state index contributed by atoms with van der Waals surface area (Å²) in [5.74, 6) is 1.69. The van der Waals surface area contributed by atoms with E-state index < -0.39 is 0 Å². The Bertz CT molecular complexity index is 195. The molecule has 0 bridgehead atoms. The van der Waals surface area contributed by atoms with Gasteiger partial charge in [0.15, 0.2) is 0 Å². The maximum atomic E-state index is 11.9. The molecule has 1 fully saturated rings. The maximum absolute atomic E-state index is 11.9. The van der Waals surface area contributed by atoms with Crippen molar-refractivity contribution in [1.82, 2.24) is 4.90 Å². The summed E-state index contributed by atoms with van der Waals surface area (Å²) in [6.45, 7) is 12.7. The van der Waals surface area contributed by atoms with Gasteiger partial charge in [-0.3, -0.25) is 4.79 Å². The normalized spacial score (nSPS) is 16.7. The van der Waals surface area contributed by atoms with Gasteiger partial charge in [-0.05, 0) is 31.1 Å². The second-order valence-electron chi connectivity index (χ2n) is 5.20. The van der Waals surface area contributed by atoms with Gasteiger partial charge >= 0.3 is 0 Å². The van der Waals surface area contributed by atoms with Crippen LogP contribution in [0, 0.1) is 11.8 Å². The van der Waals surface area contributed by atoms with Crippen LogP contribution in [-0.2, 0) is 4.79 Å². The van der Waals surface area contributed by atoms with E-state index in [0.29, 0.717) is 17.7 Å². The van der Waals surface area contributed by atoms with E-state index in [0.717, 1.165) is 25.9 Å². The van der Waals surface area contributed by atoms with Gasteiger partial charge in [0.05, 0.1) is 0 Å². The number of hydrogen-bond donors (Lipinski definition) is 0. The van der Waals surface area contributed by atoms with Crippen LogP contribution in [0.3, 0.4) is 0 Å². The summed E-state index contributed by atoms with van der Waals surface area (Å²) < 4.78 is 0. The van der Waals surface area contributed by atoms with Crippen molar-refractivity contribution in [2.45, 2.75) is 66.7 Å². The average Bonchev–Trinajstić information content (AvgIpc) is 2.83. The third-order valence-electron chi connectivity index (χ3n) is 3.30. The van der Waals surface area contributed by atoms with E-state index in [1.54, 1.807) is 0 Å². The maximum Gasteiger partial charge on any atom is 0.222 e. The molecule has 0 aromatic carbocycles. The standard InChI is InChI=1S/C13H25NO.C2H6/c1-4-12(9-11(2)3)10-13(15)14-7-5-6-8-14;1-2/h11-12H,4-10H2,1-3H3;1-2H3. The second-order valence-corrected chi connectivity index (χ2v) is 5.20. The molecule has 0 radical (unpaired) electrons. The number of amides is 1. The molecule has 17 heavy (non-hydrogen) atoms. The molecule has 2 heteroatoms. The van der Waals surface area contributed by atoms with Gasteiger partial charge < -0.3 is 4.90 Å². The molecular weight excluding hydrogens is 210 g/mol. The fourth-order valence-electron chi connectivity index (χ4n) is 2.40. The first-order valence-electron chi connectivity index (χ1n) is 7.41. The van der Waals surface area contributed by atoms with Crippen molar-refractivity contribution < 1.29 is 4.79 Å². The smallest absolute Gasteiger partial charge is 0.222 e. The Morgan fingerprint density at radius 2 is 1.71 bits per heavy atom. The highest BCUT2D eigenvalue weighted by molar-refractivity contribution is 5.76. The number of nitrogens with zero attached hydrogens (tertiary/aromatic N) is 1. The Morgan fingerprint density at radius 3 is 2.12 bits per heavy atom. The minimum Gasteiger partial charge on any atom is -0.343 e. The van der Waals surface area contributed by atoms with Crippen LogP contribution in [0.5, 0.6) is 0 Å². The molecule has 102 valence electrons. The summed E-state index contributed by atoms with van der Waals surface area (Å²) >= 11 is 0. The first-order chi connectivity index (χ1) is 8.13. The first-order valence-corrected chi connectivity index (χ1v) is 7.41. The summed E-state index contributed by atoms with van der Waals surface area (Å²) in [5, 5.41) is 0. The van der Waals surface area contributed by atoms with E-state index in [4.69, 9.17) is 0 Å². The Labute approximate surface area is 108 Å². The van der Waals surface area contributed by atoms with Gasteiger partial charge in [-0.15, -0.1) is 0 Å². The van der Waals surface area contributed by atoms with Crippen molar-refractivity contribution in [1.29, 1.82) is 0 Å². The highest BCUT2D eigenvalue weighted by Crippen LogP contribution is 2.21.